The highest BCUT2D eigenvalue weighted by molar-refractivity contribution is 6.10. The smallest absolute Gasteiger partial charge is 0.257 e. The number of rotatable bonds is 4. The molecule has 0 unspecified atom stereocenters. The van der Waals surface area contributed by atoms with Crippen LogP contribution >= 0.6 is 0 Å². The molecule has 0 radical (unpaired) electrons. The van der Waals surface area contributed by atoms with Crippen molar-refractivity contribution in [2.24, 2.45) is 5.92 Å². The monoisotopic (exact) mass is 321 g/mol. The first-order valence-electron chi connectivity index (χ1n) is 8.32. The Labute approximate surface area is 143 Å². The van der Waals surface area contributed by atoms with Gasteiger partial charge in [-0.3, -0.25) is 4.79 Å². The summed E-state index contributed by atoms with van der Waals surface area (Å²) in [6.45, 7) is 8.15. The van der Waals surface area contributed by atoms with Gasteiger partial charge >= 0.3 is 0 Å². The first kappa shape index (κ1) is 16.5. The molecule has 0 spiro atoms. The quantitative estimate of drug-likeness (QED) is 0.868. The van der Waals surface area contributed by atoms with Crippen LogP contribution in [-0.2, 0) is 10.4 Å². The van der Waals surface area contributed by atoms with E-state index in [2.05, 4.69) is 20.4 Å². The molecule has 124 valence electrons. The molecule has 3 heteroatoms. The van der Waals surface area contributed by atoms with Gasteiger partial charge in [0.15, 0.2) is 0 Å². The number of nitrogens with zero attached hydrogens (tertiary/aromatic N) is 1. The molecule has 2 aromatic rings. The second-order valence-corrected chi connectivity index (χ2v) is 6.77. The second kappa shape index (κ2) is 6.25. The van der Waals surface area contributed by atoms with Gasteiger partial charge in [-0.2, -0.15) is 0 Å². The maximum Gasteiger partial charge on any atom is 0.257 e. The van der Waals surface area contributed by atoms with Gasteiger partial charge in [-0.05, 0) is 30.0 Å². The first-order chi connectivity index (χ1) is 11.5. The van der Waals surface area contributed by atoms with Gasteiger partial charge in [0, 0.05) is 11.3 Å². The van der Waals surface area contributed by atoms with Gasteiger partial charge in [-0.25, -0.2) is 0 Å². The van der Waals surface area contributed by atoms with Gasteiger partial charge in [0.05, 0.1) is 6.04 Å². The van der Waals surface area contributed by atoms with Crippen molar-refractivity contribution in [1.29, 1.82) is 0 Å². The van der Waals surface area contributed by atoms with Crippen molar-refractivity contribution in [2.75, 3.05) is 4.90 Å². The number of anilines is 1. The van der Waals surface area contributed by atoms with Crippen molar-refractivity contribution in [2.45, 2.75) is 31.9 Å². The molecule has 1 saturated heterocycles. The molecule has 1 fully saturated rings. The molecule has 3 rings (SSSR count). The van der Waals surface area contributed by atoms with Gasteiger partial charge in [-0.15, -0.1) is 0 Å². The minimum atomic E-state index is -1.38. The van der Waals surface area contributed by atoms with Crippen LogP contribution in [0.3, 0.4) is 0 Å². The van der Waals surface area contributed by atoms with E-state index in [1.807, 2.05) is 60.7 Å². The molecular weight excluding hydrogens is 298 g/mol. The fraction of sp³-hybridized carbons (Fsp3) is 0.286. The number of aliphatic hydroxyl groups is 1. The van der Waals surface area contributed by atoms with E-state index in [0.717, 1.165) is 5.69 Å². The van der Waals surface area contributed by atoms with Crippen molar-refractivity contribution >= 4 is 11.6 Å². The average molecular weight is 321 g/mol. The molecule has 1 N–H and O–H groups in total. The van der Waals surface area contributed by atoms with Crippen LogP contribution in [0.1, 0.15) is 25.8 Å². The van der Waals surface area contributed by atoms with E-state index in [4.69, 9.17) is 0 Å². The maximum atomic E-state index is 13.0. The zero-order valence-electron chi connectivity index (χ0n) is 14.1. The van der Waals surface area contributed by atoms with E-state index < -0.39 is 5.60 Å². The Morgan fingerprint density at radius 3 is 2.17 bits per heavy atom. The summed E-state index contributed by atoms with van der Waals surface area (Å²) in [7, 11) is 0. The van der Waals surface area contributed by atoms with Gasteiger partial charge in [-0.1, -0.05) is 69.0 Å². The van der Waals surface area contributed by atoms with Crippen LogP contribution in [0.5, 0.6) is 0 Å². The van der Waals surface area contributed by atoms with Crippen molar-refractivity contribution < 1.29 is 9.90 Å². The summed E-state index contributed by atoms with van der Waals surface area (Å²) < 4.78 is 0. The molecule has 1 aliphatic rings. The number of benzene rings is 2. The lowest BCUT2D eigenvalue weighted by atomic mass is 9.80. The van der Waals surface area contributed by atoms with Crippen LogP contribution in [0, 0.1) is 5.92 Å². The molecule has 0 aliphatic carbocycles. The summed E-state index contributed by atoms with van der Waals surface area (Å²) in [5.41, 5.74) is 0.370. The van der Waals surface area contributed by atoms with Gasteiger partial charge in [0.1, 0.15) is 5.60 Å². The molecule has 2 aromatic carbocycles. The number of carbonyl (C=O) groups is 1. The SMILES string of the molecule is C=C1C(=O)N(c2ccccc2)[C@@H](CC(C)C)[C@]1(O)c1ccccc1. The largest absolute Gasteiger partial charge is 0.378 e. The van der Waals surface area contributed by atoms with Gasteiger partial charge in [0.25, 0.3) is 5.91 Å². The Hall–Kier alpha value is -2.39. The second-order valence-electron chi connectivity index (χ2n) is 6.77. The summed E-state index contributed by atoms with van der Waals surface area (Å²) in [6, 6.07) is 18.5. The van der Waals surface area contributed by atoms with Crippen molar-refractivity contribution in [3.8, 4) is 0 Å². The maximum absolute atomic E-state index is 13.0. The van der Waals surface area contributed by atoms with E-state index in [9.17, 15) is 9.90 Å². The molecular formula is C21H23NO2. The Morgan fingerprint density at radius 2 is 1.62 bits per heavy atom. The molecule has 3 nitrogen and oxygen atoms in total. The lowest BCUT2D eigenvalue weighted by Crippen LogP contribution is -2.44. The summed E-state index contributed by atoms with van der Waals surface area (Å²) in [6.07, 6.45) is 0.686. The fourth-order valence-corrected chi connectivity index (χ4v) is 3.51. The molecule has 0 saturated carbocycles. The lowest BCUT2D eigenvalue weighted by molar-refractivity contribution is -0.114. The Kier molecular flexibility index (Phi) is 4.29. The number of hydrogen-bond acceptors (Lipinski definition) is 2. The molecule has 24 heavy (non-hydrogen) atoms. The number of para-hydroxylation sites is 1. The van der Waals surface area contributed by atoms with Crippen molar-refractivity contribution in [3.05, 3.63) is 78.4 Å². The molecule has 1 aliphatic heterocycles. The predicted molar refractivity (Wildman–Crippen MR) is 96.6 cm³/mol. The standard InChI is InChI=1S/C21H23NO2/c1-15(2)14-19-21(24,17-10-6-4-7-11-17)16(3)20(23)22(19)18-12-8-5-9-13-18/h4-13,15,19,24H,3,14H2,1-2H3/t19-,21+/m0/s1. The lowest BCUT2D eigenvalue weighted by Gasteiger charge is -2.35. The third-order valence-electron chi connectivity index (χ3n) is 4.67. The fourth-order valence-electron chi connectivity index (χ4n) is 3.51. The molecule has 1 amide bonds. The summed E-state index contributed by atoms with van der Waals surface area (Å²) in [5, 5.41) is 11.6. The van der Waals surface area contributed by atoms with E-state index in [1.165, 1.54) is 0 Å². The number of hydrogen-bond donors (Lipinski definition) is 1. The highest BCUT2D eigenvalue weighted by atomic mass is 16.3. The molecule has 1 heterocycles. The summed E-state index contributed by atoms with van der Waals surface area (Å²) >= 11 is 0. The number of carbonyl (C=O) groups excluding carboxylic acids is 1. The Bertz CT molecular complexity index is 739. The molecule has 0 aromatic heterocycles. The Morgan fingerprint density at radius 1 is 1.08 bits per heavy atom. The van der Waals surface area contributed by atoms with E-state index in [1.54, 1.807) is 4.90 Å². The normalized spacial score (nSPS) is 24.0. The van der Waals surface area contributed by atoms with Crippen LogP contribution in [0.25, 0.3) is 0 Å². The van der Waals surface area contributed by atoms with Crippen LogP contribution in [0.15, 0.2) is 72.8 Å². The highest BCUT2D eigenvalue weighted by Gasteiger charge is 2.55. The summed E-state index contributed by atoms with van der Waals surface area (Å²) in [5.74, 6) is 0.119. The van der Waals surface area contributed by atoms with Crippen LogP contribution in [-0.4, -0.2) is 17.1 Å². The topological polar surface area (TPSA) is 40.5 Å². The van der Waals surface area contributed by atoms with Crippen molar-refractivity contribution in [3.63, 3.8) is 0 Å². The number of amides is 1. The first-order valence-corrected chi connectivity index (χ1v) is 8.32. The minimum absolute atomic E-state index is 0.210. The van der Waals surface area contributed by atoms with Crippen LogP contribution in [0.4, 0.5) is 5.69 Å². The highest BCUT2D eigenvalue weighted by Crippen LogP contribution is 2.46. The predicted octanol–water partition coefficient (Wildman–Crippen LogP) is 3.89. The Balaban J connectivity index is 2.15. The summed E-state index contributed by atoms with van der Waals surface area (Å²) in [4.78, 5) is 14.7. The van der Waals surface area contributed by atoms with Gasteiger partial charge in [0.2, 0.25) is 0 Å². The third kappa shape index (κ3) is 2.55. The molecule has 0 bridgehead atoms. The average Bonchev–Trinajstić information content (AvgIpc) is 2.78. The zero-order valence-corrected chi connectivity index (χ0v) is 14.1. The van der Waals surface area contributed by atoms with Crippen molar-refractivity contribution in [1.82, 2.24) is 0 Å². The van der Waals surface area contributed by atoms with E-state index in [0.29, 0.717) is 17.9 Å². The van der Waals surface area contributed by atoms with Crippen LogP contribution < -0.4 is 4.90 Å². The van der Waals surface area contributed by atoms with Gasteiger partial charge < -0.3 is 10.0 Å². The minimum Gasteiger partial charge on any atom is -0.378 e. The zero-order chi connectivity index (χ0) is 17.3. The molecule has 2 atom stereocenters. The van der Waals surface area contributed by atoms with E-state index >= 15 is 0 Å². The third-order valence-corrected chi connectivity index (χ3v) is 4.67. The van der Waals surface area contributed by atoms with E-state index in [-0.39, 0.29) is 17.5 Å². The van der Waals surface area contributed by atoms with Crippen LogP contribution in [0.2, 0.25) is 0 Å².